The molecule has 4 aromatic carbocycles. The molecule has 0 aliphatic carbocycles. The molecule has 0 amide bonds. The highest BCUT2D eigenvalue weighted by molar-refractivity contribution is 5.97. The molecule has 0 saturated heterocycles. The first-order chi connectivity index (χ1) is 21.1. The van der Waals surface area contributed by atoms with Gasteiger partial charge in [-0.3, -0.25) is 0 Å². The minimum atomic E-state index is -1.11. The van der Waals surface area contributed by atoms with E-state index in [1.807, 2.05) is 74.5 Å². The van der Waals surface area contributed by atoms with E-state index in [2.05, 4.69) is 0 Å². The second kappa shape index (κ2) is 13.5. The van der Waals surface area contributed by atoms with Crippen molar-refractivity contribution < 1.29 is 38.4 Å². The van der Waals surface area contributed by atoms with E-state index in [9.17, 15) is 14.7 Å². The molecular formula is C36H38O8. The lowest BCUT2D eigenvalue weighted by atomic mass is 9.87. The first kappa shape index (κ1) is 31.9. The van der Waals surface area contributed by atoms with Crippen LogP contribution in [0.1, 0.15) is 71.3 Å². The zero-order chi connectivity index (χ0) is 32.1. The number of carbonyl (C=O) groups excluding carboxylic acids is 1. The molecule has 8 heteroatoms. The lowest BCUT2D eigenvalue weighted by Crippen LogP contribution is -2.17. The van der Waals surface area contributed by atoms with Crippen LogP contribution in [0.15, 0.2) is 60.7 Å². The number of hydrogen-bond acceptors (Lipinski definition) is 7. The molecule has 0 radical (unpaired) electrons. The molecule has 0 bridgehead atoms. The lowest BCUT2D eigenvalue weighted by Gasteiger charge is -2.25. The van der Waals surface area contributed by atoms with Gasteiger partial charge < -0.3 is 28.8 Å². The molecule has 0 fully saturated rings. The van der Waals surface area contributed by atoms with Crippen molar-refractivity contribution in [2.45, 2.75) is 40.2 Å². The van der Waals surface area contributed by atoms with Crippen LogP contribution in [0.3, 0.4) is 0 Å². The average molecular weight is 599 g/mol. The van der Waals surface area contributed by atoms with Gasteiger partial charge in [-0.05, 0) is 49.9 Å². The molecule has 8 nitrogen and oxygen atoms in total. The van der Waals surface area contributed by atoms with Crippen LogP contribution >= 0.6 is 0 Å². The Labute approximate surface area is 258 Å². The number of hydrogen-bond donors (Lipinski definition) is 1. The van der Waals surface area contributed by atoms with Crippen molar-refractivity contribution in [1.29, 1.82) is 0 Å². The monoisotopic (exact) mass is 598 g/mol. The van der Waals surface area contributed by atoms with Gasteiger partial charge in [0.2, 0.25) is 0 Å². The quantitative estimate of drug-likeness (QED) is 0.181. The number of ether oxygens (including phenoxy) is 5. The van der Waals surface area contributed by atoms with Gasteiger partial charge in [-0.1, -0.05) is 60.7 Å². The fourth-order valence-electron chi connectivity index (χ4n) is 5.94. The van der Waals surface area contributed by atoms with E-state index >= 15 is 0 Å². The highest BCUT2D eigenvalue weighted by atomic mass is 16.5. The number of carboxylic acids is 1. The van der Waals surface area contributed by atoms with Crippen LogP contribution in [0.4, 0.5) is 0 Å². The van der Waals surface area contributed by atoms with Crippen LogP contribution in [-0.4, -0.2) is 45.5 Å². The fourth-order valence-corrected chi connectivity index (χ4v) is 5.94. The Morgan fingerprint density at radius 2 is 0.977 bits per heavy atom. The number of rotatable bonds is 11. The largest absolute Gasteiger partial charge is 0.496 e. The predicted octanol–water partition coefficient (Wildman–Crippen LogP) is 7.19. The number of methoxy groups -OCH3 is 4. The molecule has 44 heavy (non-hydrogen) atoms. The van der Waals surface area contributed by atoms with E-state index in [1.165, 1.54) is 21.3 Å². The van der Waals surface area contributed by atoms with Crippen molar-refractivity contribution in [3.05, 3.63) is 116 Å². The summed E-state index contributed by atoms with van der Waals surface area (Å²) in [5.74, 6) is -0.0823. The Morgan fingerprint density at radius 1 is 0.591 bits per heavy atom. The van der Waals surface area contributed by atoms with E-state index in [1.54, 1.807) is 21.0 Å². The Morgan fingerprint density at radius 3 is 1.36 bits per heavy atom. The van der Waals surface area contributed by atoms with Gasteiger partial charge in [-0.2, -0.15) is 0 Å². The molecule has 0 atom stereocenters. The molecule has 4 aromatic rings. The highest BCUT2D eigenvalue weighted by Crippen LogP contribution is 2.44. The van der Waals surface area contributed by atoms with Gasteiger partial charge in [-0.15, -0.1) is 0 Å². The lowest BCUT2D eigenvalue weighted by molar-refractivity contribution is 0.0373. The van der Waals surface area contributed by atoms with Crippen LogP contribution in [0.25, 0.3) is 0 Å². The summed E-state index contributed by atoms with van der Waals surface area (Å²) >= 11 is 0. The molecule has 0 spiro atoms. The third-order valence-corrected chi connectivity index (χ3v) is 8.04. The fraction of sp³-hybridized carbons (Fsp3) is 0.278. The van der Waals surface area contributed by atoms with Crippen molar-refractivity contribution in [1.82, 2.24) is 0 Å². The second-order valence-electron chi connectivity index (χ2n) is 10.4. The summed E-state index contributed by atoms with van der Waals surface area (Å²) in [6, 6.07) is 19.1. The highest BCUT2D eigenvalue weighted by Gasteiger charge is 2.31. The topological polar surface area (TPSA) is 101 Å². The zero-order valence-electron chi connectivity index (χ0n) is 26.4. The van der Waals surface area contributed by atoms with Gasteiger partial charge in [0.1, 0.15) is 34.1 Å². The van der Waals surface area contributed by atoms with Gasteiger partial charge in [0.15, 0.2) is 6.10 Å². The Hall–Kier alpha value is -4.98. The van der Waals surface area contributed by atoms with Crippen molar-refractivity contribution in [3.63, 3.8) is 0 Å². The van der Waals surface area contributed by atoms with Gasteiger partial charge in [0.05, 0.1) is 28.4 Å². The van der Waals surface area contributed by atoms with E-state index in [4.69, 9.17) is 23.7 Å². The zero-order valence-corrected chi connectivity index (χ0v) is 26.4. The first-order valence-electron chi connectivity index (χ1n) is 14.1. The smallest absolute Gasteiger partial charge is 0.343 e. The maximum absolute atomic E-state index is 14.2. The van der Waals surface area contributed by atoms with Crippen molar-refractivity contribution in [3.8, 4) is 23.0 Å². The second-order valence-corrected chi connectivity index (χ2v) is 10.4. The van der Waals surface area contributed by atoms with Crippen molar-refractivity contribution in [2.75, 3.05) is 28.4 Å². The molecule has 0 aliphatic heterocycles. The summed E-state index contributed by atoms with van der Waals surface area (Å²) in [5.41, 5.74) is 5.52. The van der Waals surface area contributed by atoms with E-state index in [0.717, 1.165) is 11.1 Å². The van der Waals surface area contributed by atoms with Gasteiger partial charge in [0, 0.05) is 28.7 Å². The number of carbonyl (C=O) groups is 2. The minimum absolute atomic E-state index is 0.0517. The third-order valence-electron chi connectivity index (χ3n) is 8.04. The number of aromatic carboxylic acids is 1. The molecule has 4 rings (SSSR count). The molecule has 0 aliphatic rings. The summed E-state index contributed by atoms with van der Waals surface area (Å²) < 4.78 is 29.2. The van der Waals surface area contributed by atoms with E-state index < -0.39 is 18.0 Å². The summed E-state index contributed by atoms with van der Waals surface area (Å²) in [6.45, 7) is 7.11. The normalized spacial score (nSPS) is 10.8. The standard InChI is InChI=1S/C36H38O8/c1-20-26(30(40-5)22(3)32(42-7)28(20)35(37)38)19-27-21(2)29(33(43-8)23(4)31(27)41-6)36(39)44-34(24-15-11-9-12-16-24)25-17-13-10-14-18-25/h9-18,34H,19H2,1-8H3,(H,37,38). The van der Waals surface area contributed by atoms with Gasteiger partial charge in [-0.25, -0.2) is 9.59 Å². The summed E-state index contributed by atoms with van der Waals surface area (Å²) in [6.07, 6.45) is -0.453. The van der Waals surface area contributed by atoms with Crippen LogP contribution in [-0.2, 0) is 11.2 Å². The van der Waals surface area contributed by atoms with Crippen LogP contribution < -0.4 is 18.9 Å². The van der Waals surface area contributed by atoms with E-state index in [0.29, 0.717) is 50.6 Å². The van der Waals surface area contributed by atoms with E-state index in [-0.39, 0.29) is 23.3 Å². The summed E-state index contributed by atoms with van der Waals surface area (Å²) in [7, 11) is 6.02. The number of carboxylic acid groups (broad SMARTS) is 1. The number of esters is 1. The molecule has 0 unspecified atom stereocenters. The summed E-state index contributed by atoms with van der Waals surface area (Å²) in [5, 5.41) is 10.1. The maximum Gasteiger partial charge on any atom is 0.343 e. The first-order valence-corrected chi connectivity index (χ1v) is 14.1. The van der Waals surface area contributed by atoms with Crippen molar-refractivity contribution >= 4 is 11.9 Å². The van der Waals surface area contributed by atoms with Crippen LogP contribution in [0.5, 0.6) is 23.0 Å². The Balaban J connectivity index is 1.92. The van der Waals surface area contributed by atoms with Crippen molar-refractivity contribution in [2.24, 2.45) is 0 Å². The van der Waals surface area contributed by atoms with Crippen LogP contribution in [0.2, 0.25) is 0 Å². The molecule has 0 heterocycles. The summed E-state index contributed by atoms with van der Waals surface area (Å²) in [4.78, 5) is 26.5. The third kappa shape index (κ3) is 5.80. The maximum atomic E-state index is 14.2. The Kier molecular flexibility index (Phi) is 9.83. The molecule has 0 saturated carbocycles. The SMILES string of the molecule is COc1c(C)c(OC)c(C(=O)O)c(C)c1Cc1c(C)c(C(=O)OC(c2ccccc2)c2ccccc2)c(OC)c(C)c1OC. The predicted molar refractivity (Wildman–Crippen MR) is 168 cm³/mol. The molecule has 1 N–H and O–H groups in total. The van der Waals surface area contributed by atoms with Gasteiger partial charge >= 0.3 is 11.9 Å². The molecule has 230 valence electrons. The number of benzene rings is 4. The van der Waals surface area contributed by atoms with Crippen LogP contribution in [0, 0.1) is 27.7 Å². The average Bonchev–Trinajstić information content (AvgIpc) is 3.03. The minimum Gasteiger partial charge on any atom is -0.496 e. The van der Waals surface area contributed by atoms with Gasteiger partial charge in [0.25, 0.3) is 0 Å². The molecule has 0 aromatic heterocycles. The Bertz CT molecular complexity index is 1640. The molecular weight excluding hydrogens is 560 g/mol.